The van der Waals surface area contributed by atoms with E-state index in [2.05, 4.69) is 70.6 Å². The molecule has 0 N–H and O–H groups in total. The van der Waals surface area contributed by atoms with Crippen molar-refractivity contribution >= 4 is 11.8 Å². The van der Waals surface area contributed by atoms with Crippen LogP contribution in [0, 0.1) is 6.92 Å². The van der Waals surface area contributed by atoms with Crippen molar-refractivity contribution < 1.29 is 0 Å². The van der Waals surface area contributed by atoms with Crippen LogP contribution >= 0.6 is 11.8 Å². The van der Waals surface area contributed by atoms with E-state index in [4.69, 9.17) is 0 Å². The van der Waals surface area contributed by atoms with Crippen molar-refractivity contribution in [2.45, 2.75) is 18.9 Å². The summed E-state index contributed by atoms with van der Waals surface area (Å²) in [5.74, 6) is 1.09. The molecule has 1 aromatic heterocycles. The van der Waals surface area contributed by atoms with E-state index >= 15 is 0 Å². The summed E-state index contributed by atoms with van der Waals surface area (Å²) >= 11 is 1.91. The highest BCUT2D eigenvalue weighted by Crippen LogP contribution is 2.53. The zero-order valence-corrected chi connectivity index (χ0v) is 14.4. The largest absolute Gasteiger partial charge is 0.323 e. The molecule has 0 spiro atoms. The number of nitrogens with zero attached hydrogens (tertiary/aromatic N) is 2. The first-order valence-electron chi connectivity index (χ1n) is 8.29. The van der Waals surface area contributed by atoms with Gasteiger partial charge in [-0.05, 0) is 58.2 Å². The molecule has 0 radical (unpaired) electrons. The van der Waals surface area contributed by atoms with Gasteiger partial charge >= 0.3 is 0 Å². The molecule has 2 heterocycles. The van der Waals surface area contributed by atoms with Gasteiger partial charge in [-0.15, -0.1) is 11.8 Å². The van der Waals surface area contributed by atoms with E-state index in [0.717, 1.165) is 12.2 Å². The number of fused-ring (bicyclic) bond motifs is 2. The Kier molecular flexibility index (Phi) is 3.01. The fourth-order valence-corrected chi connectivity index (χ4v) is 5.25. The molecule has 1 atom stereocenters. The molecule has 2 aliphatic carbocycles. The van der Waals surface area contributed by atoms with Crippen LogP contribution in [0.1, 0.15) is 17.5 Å². The van der Waals surface area contributed by atoms with Crippen molar-refractivity contribution in [3.63, 3.8) is 0 Å². The summed E-state index contributed by atoms with van der Waals surface area (Å²) in [7, 11) is 0. The number of hydrogen-bond donors (Lipinski definition) is 0. The van der Waals surface area contributed by atoms with Crippen LogP contribution in [0.4, 0.5) is 0 Å². The van der Waals surface area contributed by atoms with Crippen LogP contribution in [0.3, 0.4) is 0 Å². The molecule has 3 aliphatic rings. The molecule has 2 aromatic rings. The number of hydrogen-bond acceptors (Lipinski definition) is 2. The van der Waals surface area contributed by atoms with Crippen LogP contribution in [0.2, 0.25) is 0 Å². The van der Waals surface area contributed by atoms with E-state index in [0.29, 0.717) is 0 Å². The summed E-state index contributed by atoms with van der Waals surface area (Å²) in [6, 6.07) is 8.77. The first kappa shape index (κ1) is 14.1. The van der Waals surface area contributed by atoms with E-state index in [1.54, 1.807) is 0 Å². The quantitative estimate of drug-likeness (QED) is 0.790. The Morgan fingerprint density at radius 3 is 3.00 bits per heavy atom. The lowest BCUT2D eigenvalue weighted by Crippen LogP contribution is -2.38. The minimum absolute atomic E-state index is 0.207. The maximum Gasteiger partial charge on any atom is 0.101 e. The van der Waals surface area contributed by atoms with E-state index in [1.165, 1.54) is 33.4 Å². The molecule has 0 bridgehead atoms. The lowest BCUT2D eigenvalue weighted by molar-refractivity contribution is 0.423. The van der Waals surface area contributed by atoms with Gasteiger partial charge in [0.2, 0.25) is 0 Å². The van der Waals surface area contributed by atoms with Gasteiger partial charge in [-0.1, -0.05) is 36.4 Å². The predicted octanol–water partition coefficient (Wildman–Crippen LogP) is 4.76. The fourth-order valence-electron chi connectivity index (χ4n) is 4.31. The third-order valence-corrected chi connectivity index (χ3v) is 6.21. The first-order valence-corrected chi connectivity index (χ1v) is 9.34. The minimum Gasteiger partial charge on any atom is -0.323 e. The second-order valence-corrected chi connectivity index (χ2v) is 7.45. The number of benzene rings is 1. The molecule has 2 nitrogen and oxygen atoms in total. The summed E-state index contributed by atoms with van der Waals surface area (Å²) in [6.07, 6.45) is 13.9. The lowest BCUT2D eigenvalue weighted by Gasteiger charge is -2.40. The van der Waals surface area contributed by atoms with E-state index < -0.39 is 0 Å². The average Bonchev–Trinajstić information content (AvgIpc) is 3.31. The molecule has 1 aliphatic heterocycles. The Labute approximate surface area is 146 Å². The number of thioether (sulfide) groups is 1. The molecule has 1 aromatic carbocycles. The zero-order valence-electron chi connectivity index (χ0n) is 13.6. The van der Waals surface area contributed by atoms with Gasteiger partial charge in [0.25, 0.3) is 0 Å². The molecule has 5 rings (SSSR count). The van der Waals surface area contributed by atoms with E-state index in [9.17, 15) is 0 Å². The minimum atomic E-state index is -0.207. The highest BCUT2D eigenvalue weighted by molar-refractivity contribution is 8.02. The van der Waals surface area contributed by atoms with Crippen molar-refractivity contribution in [2.75, 3.05) is 5.75 Å². The van der Waals surface area contributed by atoms with Gasteiger partial charge < -0.3 is 4.57 Å². The second kappa shape index (κ2) is 5.12. The maximum absolute atomic E-state index is 4.37. The number of imidazole rings is 1. The highest BCUT2D eigenvalue weighted by atomic mass is 32.2. The van der Waals surface area contributed by atoms with Crippen molar-refractivity contribution in [3.8, 4) is 0 Å². The smallest absolute Gasteiger partial charge is 0.101 e. The standard InChI is InChI=1S/C21H18N2S/c1-15-5-2-3-7-19(15)21(23-10-9-22-14-23)8-4-6-16-11-17-12-24-13-18(17)20(16)21/h2-7,9-11,13-14H,8,12H2,1H3. The molecule has 0 saturated carbocycles. The van der Waals surface area contributed by atoms with Gasteiger partial charge in [0.1, 0.15) is 5.54 Å². The van der Waals surface area contributed by atoms with Crippen molar-refractivity contribution in [2.24, 2.45) is 0 Å². The Morgan fingerprint density at radius 2 is 2.17 bits per heavy atom. The Balaban J connectivity index is 1.84. The third kappa shape index (κ3) is 1.76. The van der Waals surface area contributed by atoms with Crippen LogP contribution in [0.25, 0.3) is 0 Å². The predicted molar refractivity (Wildman–Crippen MR) is 99.9 cm³/mol. The summed E-state index contributed by atoms with van der Waals surface area (Å²) in [5, 5.41) is 2.34. The SMILES string of the molecule is Cc1ccccc1C1(n2ccnc2)CC=CC2=C1C1=CSCC1=C2. The Bertz CT molecular complexity index is 944. The maximum atomic E-state index is 4.37. The van der Waals surface area contributed by atoms with Crippen LogP contribution in [-0.2, 0) is 5.54 Å². The van der Waals surface area contributed by atoms with Crippen LogP contribution < -0.4 is 0 Å². The molecule has 1 unspecified atom stereocenters. The molecule has 118 valence electrons. The van der Waals surface area contributed by atoms with Crippen molar-refractivity contribution in [1.29, 1.82) is 0 Å². The van der Waals surface area contributed by atoms with E-state index in [-0.39, 0.29) is 5.54 Å². The van der Waals surface area contributed by atoms with Gasteiger partial charge in [0, 0.05) is 18.1 Å². The fraction of sp³-hybridized carbons (Fsp3) is 0.190. The van der Waals surface area contributed by atoms with Gasteiger partial charge in [-0.2, -0.15) is 0 Å². The van der Waals surface area contributed by atoms with Gasteiger partial charge in [-0.25, -0.2) is 4.98 Å². The first-order chi connectivity index (χ1) is 11.8. The number of aryl methyl sites for hydroxylation is 1. The molecular formula is C21H18N2S. The third-order valence-electron chi connectivity index (χ3n) is 5.33. The monoisotopic (exact) mass is 330 g/mol. The molecule has 24 heavy (non-hydrogen) atoms. The molecule has 0 fully saturated rings. The van der Waals surface area contributed by atoms with E-state index in [1.807, 2.05) is 24.3 Å². The van der Waals surface area contributed by atoms with Crippen LogP contribution in [0.5, 0.6) is 0 Å². The summed E-state index contributed by atoms with van der Waals surface area (Å²) < 4.78 is 2.30. The summed E-state index contributed by atoms with van der Waals surface area (Å²) in [4.78, 5) is 4.37. The van der Waals surface area contributed by atoms with Gasteiger partial charge in [0.05, 0.1) is 6.33 Å². The Morgan fingerprint density at radius 1 is 1.25 bits per heavy atom. The van der Waals surface area contributed by atoms with Crippen LogP contribution in [0.15, 0.2) is 88.9 Å². The van der Waals surface area contributed by atoms with Crippen molar-refractivity contribution in [1.82, 2.24) is 9.55 Å². The van der Waals surface area contributed by atoms with Crippen LogP contribution in [-0.4, -0.2) is 15.3 Å². The summed E-state index contributed by atoms with van der Waals surface area (Å²) in [6.45, 7) is 2.22. The van der Waals surface area contributed by atoms with Gasteiger partial charge in [-0.3, -0.25) is 0 Å². The lowest BCUT2D eigenvalue weighted by atomic mass is 9.72. The molecule has 0 amide bonds. The average molecular weight is 330 g/mol. The highest BCUT2D eigenvalue weighted by Gasteiger charge is 2.45. The Hall–Kier alpha value is -2.26. The summed E-state index contributed by atoms with van der Waals surface area (Å²) in [5.41, 5.74) is 8.18. The normalized spacial score (nSPS) is 24.7. The number of allylic oxidation sites excluding steroid dienone is 6. The second-order valence-electron chi connectivity index (χ2n) is 6.59. The van der Waals surface area contributed by atoms with Gasteiger partial charge in [0.15, 0.2) is 0 Å². The topological polar surface area (TPSA) is 17.8 Å². The zero-order chi connectivity index (χ0) is 16.1. The molecule has 0 saturated heterocycles. The molecule has 3 heteroatoms. The number of aromatic nitrogens is 2. The number of rotatable bonds is 2. The van der Waals surface area contributed by atoms with Crippen molar-refractivity contribution in [3.05, 3.63) is 100 Å². The molecular weight excluding hydrogens is 312 g/mol.